The second kappa shape index (κ2) is 7.10. The molecule has 0 radical (unpaired) electrons. The van der Waals surface area contributed by atoms with Crippen LogP contribution in [-0.2, 0) is 14.3 Å². The molecule has 1 aromatic rings. The van der Waals surface area contributed by atoms with Crippen LogP contribution in [0.5, 0.6) is 0 Å². The van der Waals surface area contributed by atoms with Crippen molar-refractivity contribution < 1.29 is 14.3 Å². The van der Waals surface area contributed by atoms with Crippen LogP contribution in [0.4, 0.5) is 0 Å². The minimum absolute atomic E-state index is 0.0675. The van der Waals surface area contributed by atoms with Gasteiger partial charge in [0.05, 0.1) is 30.6 Å². The highest BCUT2D eigenvalue weighted by Crippen LogP contribution is 2.42. The van der Waals surface area contributed by atoms with Gasteiger partial charge < -0.3 is 9.47 Å². The van der Waals surface area contributed by atoms with E-state index in [1.807, 2.05) is 24.3 Å². The Balaban J connectivity index is 1.56. The molecule has 0 amide bonds. The summed E-state index contributed by atoms with van der Waals surface area (Å²) in [5.74, 6) is 0.401. The van der Waals surface area contributed by atoms with Gasteiger partial charge in [0.2, 0.25) is 0 Å². The van der Waals surface area contributed by atoms with Gasteiger partial charge in [-0.25, -0.2) is 0 Å². The third-order valence-electron chi connectivity index (χ3n) is 5.64. The van der Waals surface area contributed by atoms with E-state index in [0.717, 1.165) is 37.9 Å². The standard InChI is InChI=1S/C20H24ClNO3/c1-2-9-22-10-16-18(25-12-22)8-7-15-19(23)17(11-24-20(15)16)13-3-5-14(21)6-4-13/h3-6,11,15-16,18,20H,2,7-10,12H2,1H3. The quantitative estimate of drug-likeness (QED) is 0.822. The predicted molar refractivity (Wildman–Crippen MR) is 97.1 cm³/mol. The van der Waals surface area contributed by atoms with Crippen LogP contribution in [0.1, 0.15) is 31.7 Å². The van der Waals surface area contributed by atoms with Gasteiger partial charge in [-0.15, -0.1) is 0 Å². The molecule has 4 unspecified atom stereocenters. The minimum Gasteiger partial charge on any atom is -0.496 e. The van der Waals surface area contributed by atoms with Crippen LogP contribution in [0.25, 0.3) is 5.57 Å². The number of Topliss-reactive ketones (excluding diaryl/α,β-unsaturated/α-hetero) is 1. The number of hydrogen-bond donors (Lipinski definition) is 0. The van der Waals surface area contributed by atoms with E-state index >= 15 is 0 Å². The van der Waals surface area contributed by atoms with Crippen LogP contribution in [0.15, 0.2) is 30.5 Å². The Morgan fingerprint density at radius 1 is 1.24 bits per heavy atom. The number of ketones is 1. The molecule has 134 valence electrons. The van der Waals surface area contributed by atoms with E-state index in [2.05, 4.69) is 11.8 Å². The Kier molecular flexibility index (Phi) is 4.85. The van der Waals surface area contributed by atoms with Gasteiger partial charge in [0.15, 0.2) is 5.78 Å². The lowest BCUT2D eigenvalue weighted by atomic mass is 9.71. The third kappa shape index (κ3) is 3.23. The molecule has 0 bridgehead atoms. The Bertz CT molecular complexity index is 672. The van der Waals surface area contributed by atoms with E-state index in [-0.39, 0.29) is 29.8 Å². The van der Waals surface area contributed by atoms with Crippen LogP contribution < -0.4 is 0 Å². The molecular formula is C20H24ClNO3. The Labute approximate surface area is 153 Å². The van der Waals surface area contributed by atoms with Gasteiger partial charge in [-0.3, -0.25) is 9.69 Å². The van der Waals surface area contributed by atoms with Gasteiger partial charge in [-0.1, -0.05) is 30.7 Å². The van der Waals surface area contributed by atoms with Gasteiger partial charge >= 0.3 is 0 Å². The highest BCUT2D eigenvalue weighted by Gasteiger charge is 2.48. The molecule has 0 aromatic heterocycles. The lowest BCUT2D eigenvalue weighted by Crippen LogP contribution is -2.56. The van der Waals surface area contributed by atoms with E-state index in [1.54, 1.807) is 6.26 Å². The molecule has 5 heteroatoms. The van der Waals surface area contributed by atoms with Crippen LogP contribution in [-0.4, -0.2) is 42.7 Å². The summed E-state index contributed by atoms with van der Waals surface area (Å²) in [5.41, 5.74) is 1.54. The summed E-state index contributed by atoms with van der Waals surface area (Å²) in [7, 11) is 0. The average Bonchev–Trinajstić information content (AvgIpc) is 2.63. The van der Waals surface area contributed by atoms with Gasteiger partial charge in [0.25, 0.3) is 0 Å². The molecule has 2 heterocycles. The zero-order valence-electron chi connectivity index (χ0n) is 14.5. The first-order valence-electron chi connectivity index (χ1n) is 9.17. The first kappa shape index (κ1) is 17.1. The minimum atomic E-state index is -0.0676. The zero-order valence-corrected chi connectivity index (χ0v) is 15.2. The number of carbonyl (C=O) groups excluding carboxylic acids is 1. The monoisotopic (exact) mass is 361 g/mol. The van der Waals surface area contributed by atoms with E-state index in [0.29, 0.717) is 17.3 Å². The smallest absolute Gasteiger partial charge is 0.173 e. The molecule has 0 N–H and O–H groups in total. The summed E-state index contributed by atoms with van der Waals surface area (Å²) in [6.07, 6.45) is 4.69. The number of benzene rings is 1. The first-order valence-corrected chi connectivity index (χ1v) is 9.55. The highest BCUT2D eigenvalue weighted by atomic mass is 35.5. The van der Waals surface area contributed by atoms with Gasteiger partial charge in [-0.05, 0) is 37.0 Å². The van der Waals surface area contributed by atoms with Crippen molar-refractivity contribution in [1.29, 1.82) is 0 Å². The fraction of sp³-hybridized carbons (Fsp3) is 0.550. The van der Waals surface area contributed by atoms with Crippen molar-refractivity contribution in [2.75, 3.05) is 19.8 Å². The molecule has 4 rings (SSSR count). The number of hydrogen-bond acceptors (Lipinski definition) is 4. The molecule has 0 spiro atoms. The molecule has 4 nitrogen and oxygen atoms in total. The van der Waals surface area contributed by atoms with Crippen molar-refractivity contribution in [1.82, 2.24) is 4.90 Å². The van der Waals surface area contributed by atoms with E-state index in [4.69, 9.17) is 21.1 Å². The Hall–Kier alpha value is -1.36. The Morgan fingerprint density at radius 2 is 2.04 bits per heavy atom. The van der Waals surface area contributed by atoms with Crippen molar-refractivity contribution in [3.63, 3.8) is 0 Å². The maximum Gasteiger partial charge on any atom is 0.173 e. The molecule has 1 saturated carbocycles. The van der Waals surface area contributed by atoms with Crippen LogP contribution in [0.3, 0.4) is 0 Å². The van der Waals surface area contributed by atoms with E-state index in [1.165, 1.54) is 0 Å². The van der Waals surface area contributed by atoms with Crippen molar-refractivity contribution in [3.8, 4) is 0 Å². The fourth-order valence-corrected chi connectivity index (χ4v) is 4.53. The Morgan fingerprint density at radius 3 is 2.80 bits per heavy atom. The summed E-state index contributed by atoms with van der Waals surface area (Å²) < 4.78 is 12.2. The molecule has 1 saturated heterocycles. The first-order chi connectivity index (χ1) is 12.2. The lowest BCUT2D eigenvalue weighted by molar-refractivity contribution is -0.169. The molecule has 4 atom stereocenters. The predicted octanol–water partition coefficient (Wildman–Crippen LogP) is 3.74. The second-order valence-electron chi connectivity index (χ2n) is 7.26. The number of ether oxygens (including phenoxy) is 2. The molecular weight excluding hydrogens is 338 g/mol. The highest BCUT2D eigenvalue weighted by molar-refractivity contribution is 6.30. The van der Waals surface area contributed by atoms with Crippen molar-refractivity contribution in [2.24, 2.45) is 11.8 Å². The summed E-state index contributed by atoms with van der Waals surface area (Å²) >= 11 is 5.96. The summed E-state index contributed by atoms with van der Waals surface area (Å²) in [4.78, 5) is 15.4. The number of fused-ring (bicyclic) bond motifs is 3. The topological polar surface area (TPSA) is 38.8 Å². The van der Waals surface area contributed by atoms with Gasteiger partial charge in [0.1, 0.15) is 6.10 Å². The lowest BCUT2D eigenvalue weighted by Gasteiger charge is -2.48. The number of allylic oxidation sites excluding steroid dienone is 1. The second-order valence-corrected chi connectivity index (χ2v) is 7.70. The normalized spacial score (nSPS) is 32.4. The molecule has 3 aliphatic rings. The van der Waals surface area contributed by atoms with Crippen LogP contribution in [0, 0.1) is 11.8 Å². The van der Waals surface area contributed by atoms with Crippen molar-refractivity contribution >= 4 is 23.0 Å². The number of nitrogens with zero attached hydrogens (tertiary/aromatic N) is 1. The molecule has 1 aromatic carbocycles. The fourth-order valence-electron chi connectivity index (χ4n) is 4.40. The summed E-state index contributed by atoms with van der Waals surface area (Å²) in [6, 6.07) is 7.39. The van der Waals surface area contributed by atoms with Crippen molar-refractivity contribution in [2.45, 2.75) is 38.4 Å². The maximum absolute atomic E-state index is 13.1. The molecule has 2 fully saturated rings. The van der Waals surface area contributed by atoms with Gasteiger partial charge in [0, 0.05) is 24.0 Å². The van der Waals surface area contributed by atoms with E-state index < -0.39 is 0 Å². The number of carbonyl (C=O) groups is 1. The van der Waals surface area contributed by atoms with Crippen LogP contribution >= 0.6 is 11.6 Å². The molecule has 1 aliphatic carbocycles. The largest absolute Gasteiger partial charge is 0.496 e. The SMILES string of the molecule is CCCN1COC2CCC3C(=O)C(c4ccc(Cl)cc4)=COC3C2C1. The number of halogens is 1. The summed E-state index contributed by atoms with van der Waals surface area (Å²) in [5, 5.41) is 0.669. The van der Waals surface area contributed by atoms with Crippen molar-refractivity contribution in [3.05, 3.63) is 41.1 Å². The average molecular weight is 362 g/mol. The van der Waals surface area contributed by atoms with Crippen LogP contribution in [0.2, 0.25) is 5.02 Å². The summed E-state index contributed by atoms with van der Waals surface area (Å²) in [6.45, 7) is 4.86. The molecule has 2 aliphatic heterocycles. The number of rotatable bonds is 3. The van der Waals surface area contributed by atoms with E-state index in [9.17, 15) is 4.79 Å². The zero-order chi connectivity index (χ0) is 17.4. The van der Waals surface area contributed by atoms with Gasteiger partial charge in [-0.2, -0.15) is 0 Å². The third-order valence-corrected chi connectivity index (χ3v) is 5.89. The molecule has 25 heavy (non-hydrogen) atoms. The maximum atomic E-state index is 13.1.